The van der Waals surface area contributed by atoms with Crippen LogP contribution in [-0.2, 0) is 38.6 Å². The van der Waals surface area contributed by atoms with Gasteiger partial charge in [0.15, 0.2) is 6.10 Å². The van der Waals surface area contributed by atoms with E-state index in [9.17, 15) is 29.4 Å². The highest BCUT2D eigenvalue weighted by Crippen LogP contribution is 2.24. The Morgan fingerprint density at radius 3 is 2.07 bits per heavy atom. The van der Waals surface area contributed by atoms with Gasteiger partial charge in [0.05, 0.1) is 11.9 Å². The monoisotopic (exact) mass is 633 g/mol. The molecule has 3 amide bonds. The van der Waals surface area contributed by atoms with Crippen molar-refractivity contribution >= 4 is 35.6 Å². The summed E-state index contributed by atoms with van der Waals surface area (Å²) in [5.74, 6) is -1.93. The van der Waals surface area contributed by atoms with Gasteiger partial charge in [-0.25, -0.2) is 9.59 Å². The predicted molar refractivity (Wildman–Crippen MR) is 171 cm³/mol. The van der Waals surface area contributed by atoms with Crippen molar-refractivity contribution in [3.8, 4) is 0 Å². The summed E-state index contributed by atoms with van der Waals surface area (Å²) in [7, 11) is 0. The third-order valence-electron chi connectivity index (χ3n) is 7.58. The first-order valence-corrected chi connectivity index (χ1v) is 16.1. The first kappa shape index (κ1) is 33.5. The highest BCUT2D eigenvalue weighted by atomic mass is 32.2. The van der Waals surface area contributed by atoms with Crippen molar-refractivity contribution in [3.63, 3.8) is 0 Å². The molecule has 1 fully saturated rings. The molecule has 0 spiro atoms. The van der Waals surface area contributed by atoms with E-state index < -0.39 is 48.1 Å². The van der Waals surface area contributed by atoms with Gasteiger partial charge < -0.3 is 30.5 Å². The minimum atomic E-state index is -1.84. The fraction of sp³-hybridized carbons (Fsp3) is 0.353. The SMILES string of the molecule is O=C(NC(CCCCc1ccccc1)C(=O)N1CSC[C@H]1C(=O)N[C@@H](Cc1ccccc1)C(O)C(=O)O)OCc1ccccc1. The van der Waals surface area contributed by atoms with Gasteiger partial charge in [-0.1, -0.05) is 97.4 Å². The number of carboxylic acid groups (broad SMARTS) is 1. The number of nitrogens with zero attached hydrogens (tertiary/aromatic N) is 1. The first-order valence-electron chi connectivity index (χ1n) is 15.0. The molecule has 0 saturated carbocycles. The number of aryl methyl sites for hydroxylation is 1. The van der Waals surface area contributed by atoms with E-state index in [2.05, 4.69) is 10.6 Å². The Balaban J connectivity index is 1.42. The second-order valence-corrected chi connectivity index (χ2v) is 11.9. The summed E-state index contributed by atoms with van der Waals surface area (Å²) < 4.78 is 5.39. The van der Waals surface area contributed by atoms with Crippen LogP contribution in [0.25, 0.3) is 0 Å². The lowest BCUT2D eigenvalue weighted by molar-refractivity contribution is -0.149. The topological polar surface area (TPSA) is 145 Å². The predicted octanol–water partition coefficient (Wildman–Crippen LogP) is 3.77. The number of carbonyl (C=O) groups excluding carboxylic acids is 3. The number of thioether (sulfide) groups is 1. The average Bonchev–Trinajstić information content (AvgIpc) is 3.56. The van der Waals surface area contributed by atoms with E-state index in [4.69, 9.17) is 4.74 Å². The van der Waals surface area contributed by atoms with Crippen molar-refractivity contribution in [1.82, 2.24) is 15.5 Å². The number of nitrogens with one attached hydrogen (secondary N) is 2. The highest BCUT2D eigenvalue weighted by Gasteiger charge is 2.40. The van der Waals surface area contributed by atoms with Gasteiger partial charge in [-0.05, 0) is 42.4 Å². The molecule has 0 radical (unpaired) electrons. The van der Waals surface area contributed by atoms with E-state index >= 15 is 0 Å². The zero-order valence-electron chi connectivity index (χ0n) is 24.9. The highest BCUT2D eigenvalue weighted by molar-refractivity contribution is 7.99. The largest absolute Gasteiger partial charge is 0.479 e. The number of unbranched alkanes of at least 4 members (excludes halogenated alkanes) is 1. The number of alkyl carbamates (subject to hydrolysis) is 1. The maximum Gasteiger partial charge on any atom is 0.408 e. The molecule has 11 heteroatoms. The van der Waals surface area contributed by atoms with Crippen molar-refractivity contribution in [3.05, 3.63) is 108 Å². The minimum absolute atomic E-state index is 0.0426. The van der Waals surface area contributed by atoms with E-state index in [1.165, 1.54) is 22.2 Å². The van der Waals surface area contributed by atoms with Gasteiger partial charge in [-0.2, -0.15) is 0 Å². The zero-order valence-corrected chi connectivity index (χ0v) is 25.7. The summed E-state index contributed by atoms with van der Waals surface area (Å²) in [4.78, 5) is 53.2. The number of aliphatic carboxylic acids is 1. The molecule has 0 aromatic heterocycles. The molecule has 4 rings (SSSR count). The molecule has 1 saturated heterocycles. The molecule has 0 bridgehead atoms. The number of rotatable bonds is 15. The van der Waals surface area contributed by atoms with Crippen molar-refractivity contribution in [1.29, 1.82) is 0 Å². The van der Waals surface area contributed by atoms with Crippen LogP contribution in [0.15, 0.2) is 91.0 Å². The molecule has 1 aliphatic heterocycles. The second kappa shape index (κ2) is 17.2. The molecule has 1 aliphatic rings. The quantitative estimate of drug-likeness (QED) is 0.185. The molecule has 10 nitrogen and oxygen atoms in total. The number of aliphatic hydroxyl groups is 1. The molecule has 4 N–H and O–H groups in total. The van der Waals surface area contributed by atoms with Crippen LogP contribution in [0.2, 0.25) is 0 Å². The van der Waals surface area contributed by atoms with Crippen LogP contribution in [-0.4, -0.2) is 74.8 Å². The van der Waals surface area contributed by atoms with Crippen molar-refractivity contribution in [2.75, 3.05) is 11.6 Å². The summed E-state index contributed by atoms with van der Waals surface area (Å²) in [6.07, 6.45) is 0.113. The Hall–Kier alpha value is -4.35. The zero-order chi connectivity index (χ0) is 32.0. The van der Waals surface area contributed by atoms with Crippen LogP contribution in [0.1, 0.15) is 36.0 Å². The van der Waals surface area contributed by atoms with Crippen LogP contribution in [0.5, 0.6) is 0 Å². The minimum Gasteiger partial charge on any atom is -0.479 e. The fourth-order valence-corrected chi connectivity index (χ4v) is 6.29. The molecule has 3 aromatic rings. The van der Waals surface area contributed by atoms with Crippen molar-refractivity contribution in [2.24, 2.45) is 0 Å². The Bertz CT molecular complexity index is 1390. The van der Waals surface area contributed by atoms with Crippen LogP contribution in [0.4, 0.5) is 4.79 Å². The molecule has 2 unspecified atom stereocenters. The summed E-state index contributed by atoms with van der Waals surface area (Å²) in [6.45, 7) is 0.0426. The lowest BCUT2D eigenvalue weighted by Crippen LogP contribution is -2.57. The van der Waals surface area contributed by atoms with Crippen molar-refractivity contribution < 1.29 is 34.1 Å². The van der Waals surface area contributed by atoms with E-state index in [0.29, 0.717) is 12.8 Å². The van der Waals surface area contributed by atoms with E-state index in [-0.39, 0.29) is 24.7 Å². The number of carboxylic acids is 1. The number of aliphatic hydroxyl groups excluding tert-OH is 1. The molecule has 1 heterocycles. The Kier molecular flexibility index (Phi) is 12.8. The number of benzene rings is 3. The van der Waals surface area contributed by atoms with Gasteiger partial charge in [0.2, 0.25) is 11.8 Å². The number of carbonyl (C=O) groups is 4. The lowest BCUT2D eigenvalue weighted by Gasteiger charge is -2.30. The van der Waals surface area contributed by atoms with Crippen LogP contribution in [0, 0.1) is 0 Å². The average molecular weight is 634 g/mol. The summed E-state index contributed by atoms with van der Waals surface area (Å²) in [5.41, 5.74) is 2.72. The first-order chi connectivity index (χ1) is 21.8. The maximum atomic E-state index is 13.9. The third kappa shape index (κ3) is 10.4. The standard InChI is InChI=1S/C34H39N3O7S/c38-30(33(41)42)28(20-25-15-6-2-7-16-25)35-31(39)29-22-45-23-37(29)32(40)27(19-11-10-14-24-12-4-1-5-13-24)36-34(43)44-21-26-17-8-3-9-18-26/h1-9,12-13,15-18,27-30,38H,10-11,14,19-23H2,(H,35,39)(H,36,43)(H,41,42)/t27?,28-,29-,30?/m0/s1. The Labute approximate surface area is 267 Å². The number of hydrogen-bond donors (Lipinski definition) is 4. The fourth-order valence-electron chi connectivity index (χ4n) is 5.12. The van der Waals surface area contributed by atoms with Gasteiger partial charge in [0, 0.05) is 5.75 Å². The van der Waals surface area contributed by atoms with Gasteiger partial charge in [-0.3, -0.25) is 9.59 Å². The molecular formula is C34H39N3O7S. The van der Waals surface area contributed by atoms with E-state index in [1.807, 2.05) is 66.7 Å². The third-order valence-corrected chi connectivity index (χ3v) is 8.59. The van der Waals surface area contributed by atoms with Gasteiger partial charge >= 0.3 is 12.1 Å². The molecule has 45 heavy (non-hydrogen) atoms. The van der Waals surface area contributed by atoms with Crippen LogP contribution < -0.4 is 10.6 Å². The van der Waals surface area contributed by atoms with E-state index in [0.717, 1.165) is 24.0 Å². The molecule has 238 valence electrons. The molecular weight excluding hydrogens is 594 g/mol. The van der Waals surface area contributed by atoms with E-state index in [1.54, 1.807) is 24.3 Å². The number of amides is 3. The van der Waals surface area contributed by atoms with Crippen molar-refractivity contribution in [2.45, 2.75) is 62.9 Å². The number of ether oxygens (including phenoxy) is 1. The molecule has 0 aliphatic carbocycles. The normalized spacial score (nSPS) is 16.3. The summed E-state index contributed by atoms with van der Waals surface area (Å²) in [5, 5.41) is 25.2. The Morgan fingerprint density at radius 1 is 0.844 bits per heavy atom. The molecule has 3 aromatic carbocycles. The molecule has 4 atom stereocenters. The Morgan fingerprint density at radius 2 is 1.44 bits per heavy atom. The number of hydrogen-bond acceptors (Lipinski definition) is 7. The lowest BCUT2D eigenvalue weighted by atomic mass is 10.0. The van der Waals surface area contributed by atoms with Gasteiger partial charge in [0.25, 0.3) is 0 Å². The van der Waals surface area contributed by atoms with Crippen LogP contribution >= 0.6 is 11.8 Å². The van der Waals surface area contributed by atoms with Gasteiger partial charge in [0.1, 0.15) is 18.7 Å². The summed E-state index contributed by atoms with van der Waals surface area (Å²) >= 11 is 1.38. The maximum absolute atomic E-state index is 13.9. The van der Waals surface area contributed by atoms with Gasteiger partial charge in [-0.15, -0.1) is 11.8 Å². The smallest absolute Gasteiger partial charge is 0.408 e. The summed E-state index contributed by atoms with van der Waals surface area (Å²) in [6, 6.07) is 25.2. The van der Waals surface area contributed by atoms with Crippen LogP contribution in [0.3, 0.4) is 0 Å². The second-order valence-electron chi connectivity index (χ2n) is 10.9.